The molecule has 0 N–H and O–H groups in total. The van der Waals surface area contributed by atoms with E-state index < -0.39 is 8.07 Å². The summed E-state index contributed by atoms with van der Waals surface area (Å²) >= 11 is 1.75. The number of carbonyl (C=O) groups is 1. The molecular formula is C14H21NO2SSi. The standard InChI is InChI=1S/C14H21NO2SSi/c1-15-13-6-5-11(9-12(13)10-18-15)14(16)17-7-8-19(2,3)4/h5-6,9H,7-8,10H2,1-4H3. The number of ether oxygens (including phenoxy) is 1. The summed E-state index contributed by atoms with van der Waals surface area (Å²) in [5, 5.41) is 0. The summed E-state index contributed by atoms with van der Waals surface area (Å²) in [5.74, 6) is 0.739. The van der Waals surface area contributed by atoms with Gasteiger partial charge >= 0.3 is 5.97 Å². The number of fused-ring (bicyclic) bond motifs is 1. The topological polar surface area (TPSA) is 29.5 Å². The molecule has 0 bridgehead atoms. The third kappa shape index (κ3) is 3.76. The third-order valence-electron chi connectivity index (χ3n) is 3.15. The lowest BCUT2D eigenvalue weighted by Crippen LogP contribution is -2.22. The van der Waals surface area contributed by atoms with Crippen molar-refractivity contribution in [2.45, 2.75) is 31.4 Å². The van der Waals surface area contributed by atoms with E-state index in [4.69, 9.17) is 4.74 Å². The second-order valence-corrected chi connectivity index (χ2v) is 12.8. The van der Waals surface area contributed by atoms with Gasteiger partial charge in [0.1, 0.15) is 0 Å². The van der Waals surface area contributed by atoms with Crippen LogP contribution >= 0.6 is 11.9 Å². The van der Waals surface area contributed by atoms with Crippen LogP contribution in [0.3, 0.4) is 0 Å². The molecule has 19 heavy (non-hydrogen) atoms. The maximum absolute atomic E-state index is 12.0. The van der Waals surface area contributed by atoms with E-state index in [2.05, 4.69) is 23.9 Å². The Hall–Kier alpha value is -0.943. The Labute approximate surface area is 120 Å². The van der Waals surface area contributed by atoms with E-state index in [9.17, 15) is 4.79 Å². The predicted molar refractivity (Wildman–Crippen MR) is 84.6 cm³/mol. The summed E-state index contributed by atoms with van der Waals surface area (Å²) in [5.41, 5.74) is 3.08. The quantitative estimate of drug-likeness (QED) is 0.480. The van der Waals surface area contributed by atoms with Crippen LogP contribution in [0.4, 0.5) is 5.69 Å². The number of hydrogen-bond donors (Lipinski definition) is 0. The zero-order chi connectivity index (χ0) is 14.0. The predicted octanol–water partition coefficient (Wildman–Crippen LogP) is 3.78. The van der Waals surface area contributed by atoms with Crippen LogP contribution < -0.4 is 4.31 Å². The molecule has 1 heterocycles. The van der Waals surface area contributed by atoms with Crippen LogP contribution in [0, 0.1) is 0 Å². The zero-order valence-electron chi connectivity index (χ0n) is 12.0. The fourth-order valence-electron chi connectivity index (χ4n) is 1.90. The van der Waals surface area contributed by atoms with Crippen LogP contribution in [-0.2, 0) is 10.5 Å². The SMILES string of the molecule is CN1SCc2cc(C(=O)OCC[Si](C)(C)C)ccc21. The monoisotopic (exact) mass is 295 g/mol. The largest absolute Gasteiger partial charge is 0.462 e. The van der Waals surface area contributed by atoms with Crippen molar-refractivity contribution in [3.05, 3.63) is 29.3 Å². The Balaban J connectivity index is 1.97. The van der Waals surface area contributed by atoms with Crippen LogP contribution in [0.15, 0.2) is 18.2 Å². The molecule has 1 aromatic carbocycles. The lowest BCUT2D eigenvalue weighted by atomic mass is 10.1. The highest BCUT2D eigenvalue weighted by atomic mass is 32.2. The Kier molecular flexibility index (Phi) is 4.25. The molecule has 0 fully saturated rings. The first-order valence-corrected chi connectivity index (χ1v) is 11.2. The van der Waals surface area contributed by atoms with Crippen molar-refractivity contribution in [1.29, 1.82) is 0 Å². The number of esters is 1. The fourth-order valence-corrected chi connectivity index (χ4v) is 3.50. The van der Waals surface area contributed by atoms with Gasteiger partial charge in [-0.1, -0.05) is 19.6 Å². The molecule has 0 saturated heterocycles. The van der Waals surface area contributed by atoms with Gasteiger partial charge in [-0.3, -0.25) is 0 Å². The molecule has 0 amide bonds. The molecule has 1 aliphatic heterocycles. The third-order valence-corrected chi connectivity index (χ3v) is 5.88. The van der Waals surface area contributed by atoms with E-state index in [0.717, 1.165) is 11.8 Å². The second kappa shape index (κ2) is 5.59. The fraction of sp³-hybridized carbons (Fsp3) is 0.500. The van der Waals surface area contributed by atoms with Crippen LogP contribution in [-0.4, -0.2) is 27.7 Å². The molecule has 0 radical (unpaired) electrons. The van der Waals surface area contributed by atoms with Gasteiger partial charge in [0.25, 0.3) is 0 Å². The van der Waals surface area contributed by atoms with Crippen LogP contribution in [0.25, 0.3) is 0 Å². The zero-order valence-corrected chi connectivity index (χ0v) is 13.8. The summed E-state index contributed by atoms with van der Waals surface area (Å²) in [6.45, 7) is 7.39. The Morgan fingerprint density at radius 2 is 2.16 bits per heavy atom. The number of rotatable bonds is 4. The van der Waals surface area contributed by atoms with E-state index in [-0.39, 0.29) is 5.97 Å². The number of carbonyl (C=O) groups excluding carboxylic acids is 1. The van der Waals surface area contributed by atoms with Crippen molar-refractivity contribution < 1.29 is 9.53 Å². The van der Waals surface area contributed by atoms with Crippen molar-refractivity contribution in [2.75, 3.05) is 18.0 Å². The molecule has 0 aromatic heterocycles. The first-order valence-electron chi connectivity index (χ1n) is 6.53. The van der Waals surface area contributed by atoms with E-state index in [1.807, 2.05) is 25.2 Å². The molecule has 0 saturated carbocycles. The van der Waals surface area contributed by atoms with Gasteiger partial charge in [-0.15, -0.1) is 0 Å². The molecule has 5 heteroatoms. The van der Waals surface area contributed by atoms with Crippen molar-refractivity contribution in [3.8, 4) is 0 Å². The molecule has 0 unspecified atom stereocenters. The number of anilines is 1. The maximum Gasteiger partial charge on any atom is 0.338 e. The number of benzene rings is 1. The van der Waals surface area contributed by atoms with Gasteiger partial charge in [-0.25, -0.2) is 4.79 Å². The second-order valence-electron chi connectivity index (χ2n) is 6.06. The molecule has 2 rings (SSSR count). The van der Waals surface area contributed by atoms with Crippen LogP contribution in [0.1, 0.15) is 15.9 Å². The molecule has 3 nitrogen and oxygen atoms in total. The molecule has 104 valence electrons. The molecule has 0 atom stereocenters. The average Bonchev–Trinajstić information content (AvgIpc) is 2.69. The average molecular weight is 295 g/mol. The highest BCUT2D eigenvalue weighted by molar-refractivity contribution is 8.00. The lowest BCUT2D eigenvalue weighted by molar-refractivity contribution is 0.0525. The summed E-state index contributed by atoms with van der Waals surface area (Å²) in [4.78, 5) is 12.0. The summed E-state index contributed by atoms with van der Waals surface area (Å²) in [6.07, 6.45) is 0. The van der Waals surface area contributed by atoms with Gasteiger partial charge in [0, 0.05) is 20.9 Å². The summed E-state index contributed by atoms with van der Waals surface area (Å²) in [7, 11) is 0.906. The van der Waals surface area contributed by atoms with Crippen molar-refractivity contribution in [2.24, 2.45) is 0 Å². The van der Waals surface area contributed by atoms with E-state index in [0.29, 0.717) is 12.2 Å². The van der Waals surface area contributed by atoms with Gasteiger partial charge in [0.05, 0.1) is 17.9 Å². The van der Waals surface area contributed by atoms with Gasteiger partial charge in [0.15, 0.2) is 0 Å². The Morgan fingerprint density at radius 3 is 2.84 bits per heavy atom. The maximum atomic E-state index is 12.0. The number of nitrogens with zero attached hydrogens (tertiary/aromatic N) is 1. The smallest absolute Gasteiger partial charge is 0.338 e. The Morgan fingerprint density at radius 1 is 1.42 bits per heavy atom. The summed E-state index contributed by atoms with van der Waals surface area (Å²) < 4.78 is 7.50. The van der Waals surface area contributed by atoms with Crippen LogP contribution in [0.2, 0.25) is 25.7 Å². The first-order chi connectivity index (χ1) is 8.87. The van der Waals surface area contributed by atoms with E-state index in [1.54, 1.807) is 11.9 Å². The highest BCUT2D eigenvalue weighted by Gasteiger charge is 2.19. The minimum Gasteiger partial charge on any atom is -0.462 e. The van der Waals surface area contributed by atoms with Crippen molar-refractivity contribution in [1.82, 2.24) is 0 Å². The molecular weight excluding hydrogens is 274 g/mol. The molecule has 0 spiro atoms. The molecule has 0 aliphatic carbocycles. The van der Waals surface area contributed by atoms with Gasteiger partial charge in [0.2, 0.25) is 0 Å². The highest BCUT2D eigenvalue weighted by Crippen LogP contribution is 2.36. The number of hydrogen-bond acceptors (Lipinski definition) is 4. The van der Waals surface area contributed by atoms with Gasteiger partial charge in [-0.05, 0) is 41.8 Å². The van der Waals surface area contributed by atoms with Crippen LogP contribution in [0.5, 0.6) is 0 Å². The van der Waals surface area contributed by atoms with Gasteiger partial charge < -0.3 is 9.04 Å². The van der Waals surface area contributed by atoms with E-state index in [1.165, 1.54) is 11.3 Å². The van der Waals surface area contributed by atoms with Crippen molar-refractivity contribution >= 4 is 31.7 Å². The summed E-state index contributed by atoms with van der Waals surface area (Å²) in [6, 6.07) is 6.84. The minimum absolute atomic E-state index is 0.194. The molecule has 1 aromatic rings. The minimum atomic E-state index is -1.14. The van der Waals surface area contributed by atoms with E-state index >= 15 is 0 Å². The Bertz CT molecular complexity index is 485. The van der Waals surface area contributed by atoms with Crippen molar-refractivity contribution in [3.63, 3.8) is 0 Å². The molecule has 1 aliphatic rings. The first kappa shape index (κ1) is 14.5. The van der Waals surface area contributed by atoms with Gasteiger partial charge in [-0.2, -0.15) is 0 Å². The lowest BCUT2D eigenvalue weighted by Gasteiger charge is -2.15. The normalized spacial score (nSPS) is 14.4.